The second kappa shape index (κ2) is 10.2. The number of hydrogen-bond acceptors (Lipinski definition) is 3. The molecule has 0 N–H and O–H groups in total. The van der Waals surface area contributed by atoms with E-state index in [4.69, 9.17) is 9.47 Å². The molecule has 1 fully saturated rings. The summed E-state index contributed by atoms with van der Waals surface area (Å²) in [5, 5.41) is 0. The lowest BCUT2D eigenvalue weighted by atomic mass is 9.83. The van der Waals surface area contributed by atoms with Gasteiger partial charge in [0.25, 0.3) is 0 Å². The zero-order chi connectivity index (χ0) is 17.2. The molecule has 0 saturated heterocycles. The van der Waals surface area contributed by atoms with Crippen molar-refractivity contribution in [2.75, 3.05) is 6.61 Å². The highest BCUT2D eigenvalue weighted by Gasteiger charge is 2.24. The van der Waals surface area contributed by atoms with Crippen LogP contribution in [0.15, 0.2) is 36.4 Å². The summed E-state index contributed by atoms with van der Waals surface area (Å²) >= 11 is 0. The molecule has 0 atom stereocenters. The maximum Gasteiger partial charge on any atom is 0.330 e. The fraction of sp³-hybridized carbons (Fsp3) is 0.571. The van der Waals surface area contributed by atoms with Crippen molar-refractivity contribution in [3.05, 3.63) is 42.0 Å². The van der Waals surface area contributed by atoms with Gasteiger partial charge in [-0.15, -0.1) is 0 Å². The SMILES string of the molecule is C/C=C/C(=O)OC1CCC(c2ccc(OCCCCC)cc2)CC1. The highest BCUT2D eigenvalue weighted by Crippen LogP contribution is 2.34. The van der Waals surface area contributed by atoms with Gasteiger partial charge in [-0.2, -0.15) is 0 Å². The number of hydrogen-bond donors (Lipinski definition) is 0. The Morgan fingerprint density at radius 1 is 1.12 bits per heavy atom. The molecule has 1 aromatic carbocycles. The van der Waals surface area contributed by atoms with Crippen molar-refractivity contribution in [2.24, 2.45) is 0 Å². The Morgan fingerprint density at radius 2 is 1.83 bits per heavy atom. The molecule has 0 heterocycles. The lowest BCUT2D eigenvalue weighted by Gasteiger charge is -2.28. The van der Waals surface area contributed by atoms with Gasteiger partial charge in [0.05, 0.1) is 6.61 Å². The highest BCUT2D eigenvalue weighted by atomic mass is 16.5. The molecule has 2 rings (SSSR count). The molecule has 0 radical (unpaired) electrons. The molecular formula is C21H30O3. The maximum absolute atomic E-state index is 11.5. The first-order valence-electron chi connectivity index (χ1n) is 9.29. The van der Waals surface area contributed by atoms with Gasteiger partial charge in [0.15, 0.2) is 0 Å². The van der Waals surface area contributed by atoms with Crippen LogP contribution in [0.4, 0.5) is 0 Å². The molecule has 3 heteroatoms. The van der Waals surface area contributed by atoms with Crippen molar-refractivity contribution >= 4 is 5.97 Å². The van der Waals surface area contributed by atoms with Crippen LogP contribution in [0, 0.1) is 0 Å². The molecule has 0 unspecified atom stereocenters. The third-order valence-electron chi connectivity index (χ3n) is 4.63. The molecule has 3 nitrogen and oxygen atoms in total. The van der Waals surface area contributed by atoms with Gasteiger partial charge in [0.2, 0.25) is 0 Å². The third-order valence-corrected chi connectivity index (χ3v) is 4.63. The molecule has 0 aromatic heterocycles. The van der Waals surface area contributed by atoms with Crippen molar-refractivity contribution < 1.29 is 14.3 Å². The van der Waals surface area contributed by atoms with Crippen molar-refractivity contribution in [1.82, 2.24) is 0 Å². The molecule has 1 aliphatic carbocycles. The van der Waals surface area contributed by atoms with Gasteiger partial charge in [0, 0.05) is 6.08 Å². The van der Waals surface area contributed by atoms with Crippen molar-refractivity contribution in [3.8, 4) is 5.75 Å². The highest BCUT2D eigenvalue weighted by molar-refractivity contribution is 5.81. The van der Waals surface area contributed by atoms with Gasteiger partial charge in [-0.05, 0) is 62.6 Å². The van der Waals surface area contributed by atoms with Crippen LogP contribution < -0.4 is 4.74 Å². The second-order valence-electron chi connectivity index (χ2n) is 6.54. The molecular weight excluding hydrogens is 300 g/mol. The van der Waals surface area contributed by atoms with E-state index < -0.39 is 0 Å². The number of rotatable bonds is 8. The summed E-state index contributed by atoms with van der Waals surface area (Å²) in [6.45, 7) is 4.83. The number of carbonyl (C=O) groups is 1. The number of carbonyl (C=O) groups excluding carboxylic acids is 1. The first kappa shape index (κ1) is 18.6. The number of allylic oxidation sites excluding steroid dienone is 1. The number of esters is 1. The lowest BCUT2D eigenvalue weighted by molar-refractivity contribution is -0.144. The molecule has 0 bridgehead atoms. The third kappa shape index (κ3) is 6.03. The number of unbranched alkanes of at least 4 members (excludes halogenated alkanes) is 2. The van der Waals surface area contributed by atoms with E-state index in [1.54, 1.807) is 6.08 Å². The Balaban J connectivity index is 1.76. The van der Waals surface area contributed by atoms with Crippen molar-refractivity contribution in [2.45, 2.75) is 70.8 Å². The standard InChI is InChI=1S/C21H30O3/c1-3-5-6-16-23-19-12-8-17(9-13-19)18-10-14-20(15-11-18)24-21(22)7-4-2/h4,7-9,12-13,18,20H,3,5-6,10-11,14-16H2,1-2H3/b7-4+. The normalized spacial score (nSPS) is 20.9. The number of ether oxygens (including phenoxy) is 2. The topological polar surface area (TPSA) is 35.5 Å². The molecule has 0 spiro atoms. The van der Waals surface area contributed by atoms with E-state index in [2.05, 4.69) is 31.2 Å². The van der Waals surface area contributed by atoms with E-state index in [0.29, 0.717) is 5.92 Å². The van der Waals surface area contributed by atoms with E-state index >= 15 is 0 Å². The van der Waals surface area contributed by atoms with E-state index in [-0.39, 0.29) is 12.1 Å². The molecule has 0 amide bonds. The monoisotopic (exact) mass is 330 g/mol. The van der Waals surface area contributed by atoms with Gasteiger partial charge in [-0.1, -0.05) is 38.0 Å². The van der Waals surface area contributed by atoms with Gasteiger partial charge in [-0.25, -0.2) is 4.79 Å². The van der Waals surface area contributed by atoms with Crippen LogP contribution in [0.3, 0.4) is 0 Å². The molecule has 1 aromatic rings. The average Bonchev–Trinajstić information content (AvgIpc) is 2.60. The van der Waals surface area contributed by atoms with Crippen LogP contribution in [0.2, 0.25) is 0 Å². The van der Waals surface area contributed by atoms with Crippen LogP contribution in [0.5, 0.6) is 5.75 Å². The molecule has 0 aliphatic heterocycles. The van der Waals surface area contributed by atoms with Crippen molar-refractivity contribution in [1.29, 1.82) is 0 Å². The minimum absolute atomic E-state index is 0.0751. The van der Waals surface area contributed by atoms with Gasteiger partial charge >= 0.3 is 5.97 Å². The quantitative estimate of drug-likeness (QED) is 0.363. The van der Waals surface area contributed by atoms with E-state index in [1.165, 1.54) is 24.5 Å². The van der Waals surface area contributed by atoms with Crippen molar-refractivity contribution in [3.63, 3.8) is 0 Å². The first-order valence-corrected chi connectivity index (χ1v) is 9.29. The van der Waals surface area contributed by atoms with Crippen LogP contribution in [-0.4, -0.2) is 18.7 Å². The summed E-state index contributed by atoms with van der Waals surface area (Å²) in [6, 6.07) is 8.54. The lowest BCUT2D eigenvalue weighted by Crippen LogP contribution is -2.23. The Morgan fingerprint density at radius 3 is 2.46 bits per heavy atom. The zero-order valence-corrected chi connectivity index (χ0v) is 15.0. The minimum atomic E-state index is -0.217. The maximum atomic E-state index is 11.5. The average molecular weight is 330 g/mol. The number of benzene rings is 1. The predicted octanol–water partition coefficient (Wildman–Crippen LogP) is 5.40. The van der Waals surface area contributed by atoms with Gasteiger partial charge in [-0.3, -0.25) is 0 Å². The molecule has 1 aliphatic rings. The smallest absolute Gasteiger partial charge is 0.330 e. The fourth-order valence-electron chi connectivity index (χ4n) is 3.23. The van der Waals surface area contributed by atoms with E-state index in [9.17, 15) is 4.79 Å². The minimum Gasteiger partial charge on any atom is -0.494 e. The first-order chi connectivity index (χ1) is 11.7. The van der Waals surface area contributed by atoms with Crippen LogP contribution in [0.1, 0.15) is 70.3 Å². The van der Waals surface area contributed by atoms with E-state index in [1.807, 2.05) is 6.92 Å². The second-order valence-corrected chi connectivity index (χ2v) is 6.54. The summed E-state index contributed by atoms with van der Waals surface area (Å²) in [4.78, 5) is 11.5. The fourth-order valence-corrected chi connectivity index (χ4v) is 3.23. The predicted molar refractivity (Wildman–Crippen MR) is 97.4 cm³/mol. The summed E-state index contributed by atoms with van der Waals surface area (Å²) in [6.07, 6.45) is 10.9. The summed E-state index contributed by atoms with van der Waals surface area (Å²) < 4.78 is 11.2. The largest absolute Gasteiger partial charge is 0.494 e. The van der Waals surface area contributed by atoms with Crippen LogP contribution >= 0.6 is 0 Å². The van der Waals surface area contributed by atoms with Crippen LogP contribution in [-0.2, 0) is 9.53 Å². The Bertz CT molecular complexity index is 510. The summed E-state index contributed by atoms with van der Waals surface area (Å²) in [5.41, 5.74) is 1.37. The molecule has 132 valence electrons. The van der Waals surface area contributed by atoms with Crippen LogP contribution in [0.25, 0.3) is 0 Å². The Labute approximate surface area is 146 Å². The Hall–Kier alpha value is -1.77. The molecule has 24 heavy (non-hydrogen) atoms. The summed E-state index contributed by atoms with van der Waals surface area (Å²) in [7, 11) is 0. The Kier molecular flexibility index (Phi) is 7.87. The zero-order valence-electron chi connectivity index (χ0n) is 15.0. The van der Waals surface area contributed by atoms with Gasteiger partial charge in [0.1, 0.15) is 11.9 Å². The summed E-state index contributed by atoms with van der Waals surface area (Å²) in [5.74, 6) is 1.31. The molecule has 1 saturated carbocycles. The van der Waals surface area contributed by atoms with E-state index in [0.717, 1.165) is 44.5 Å². The van der Waals surface area contributed by atoms with Gasteiger partial charge < -0.3 is 9.47 Å².